The summed E-state index contributed by atoms with van der Waals surface area (Å²) in [7, 11) is 0. The number of amides is 1. The molecule has 0 saturated heterocycles. The maximum Gasteiger partial charge on any atom is 0.326 e. The summed E-state index contributed by atoms with van der Waals surface area (Å²) in [6.07, 6.45) is 2.08. The minimum absolute atomic E-state index is 0.0167. The molecule has 0 radical (unpaired) electrons. The maximum absolute atomic E-state index is 13.2. The number of halogens is 1. The van der Waals surface area contributed by atoms with Crippen molar-refractivity contribution in [3.05, 3.63) is 51.7 Å². The fourth-order valence-corrected chi connectivity index (χ4v) is 3.38. The summed E-state index contributed by atoms with van der Waals surface area (Å²) in [6.45, 7) is 1.51. The van der Waals surface area contributed by atoms with E-state index in [2.05, 4.69) is 4.98 Å². The van der Waals surface area contributed by atoms with Crippen LogP contribution in [0, 0.1) is 5.82 Å². The van der Waals surface area contributed by atoms with E-state index in [-0.39, 0.29) is 23.5 Å². The first-order valence-corrected chi connectivity index (χ1v) is 8.58. The van der Waals surface area contributed by atoms with Crippen molar-refractivity contribution in [1.29, 1.82) is 0 Å². The van der Waals surface area contributed by atoms with Gasteiger partial charge in [-0.05, 0) is 37.5 Å². The molecule has 7 heteroatoms. The van der Waals surface area contributed by atoms with Crippen LogP contribution in [-0.2, 0) is 11.2 Å². The molecule has 2 aromatic rings. The first kappa shape index (κ1) is 16.6. The molecule has 0 spiro atoms. The van der Waals surface area contributed by atoms with Crippen LogP contribution >= 0.6 is 11.3 Å². The fourth-order valence-electron chi connectivity index (χ4n) is 2.57. The van der Waals surface area contributed by atoms with E-state index < -0.39 is 12.0 Å². The Morgan fingerprint density at radius 2 is 2.21 bits per heavy atom. The lowest BCUT2D eigenvalue weighted by Gasteiger charge is -2.25. The van der Waals surface area contributed by atoms with Gasteiger partial charge >= 0.3 is 5.97 Å². The number of rotatable bonds is 6. The van der Waals surface area contributed by atoms with Crippen LogP contribution in [0.1, 0.15) is 40.8 Å². The molecule has 1 unspecified atom stereocenters. The van der Waals surface area contributed by atoms with Crippen molar-refractivity contribution in [3.63, 3.8) is 0 Å². The SMILES string of the molecule is CC(C(=O)O)N(C(=O)c1csc(Cc2cccc(F)c2)n1)C1CC1. The average Bonchev–Trinajstić information content (AvgIpc) is 3.25. The molecule has 126 valence electrons. The Hall–Kier alpha value is -2.28. The van der Waals surface area contributed by atoms with E-state index in [4.69, 9.17) is 0 Å². The molecule has 24 heavy (non-hydrogen) atoms. The van der Waals surface area contributed by atoms with E-state index in [0.29, 0.717) is 11.4 Å². The zero-order valence-electron chi connectivity index (χ0n) is 13.1. The van der Waals surface area contributed by atoms with Crippen molar-refractivity contribution in [2.75, 3.05) is 0 Å². The molecule has 1 amide bonds. The summed E-state index contributed by atoms with van der Waals surface area (Å²) in [4.78, 5) is 29.6. The highest BCUT2D eigenvalue weighted by atomic mass is 32.1. The summed E-state index contributed by atoms with van der Waals surface area (Å²) >= 11 is 1.32. The van der Waals surface area contributed by atoms with Gasteiger partial charge in [0.15, 0.2) is 0 Å². The Kier molecular flexibility index (Phi) is 4.62. The lowest BCUT2D eigenvalue weighted by atomic mass is 10.1. The number of thiazole rings is 1. The van der Waals surface area contributed by atoms with Crippen LogP contribution in [0.3, 0.4) is 0 Å². The molecule has 1 saturated carbocycles. The summed E-state index contributed by atoms with van der Waals surface area (Å²) in [5.41, 5.74) is 1.03. The topological polar surface area (TPSA) is 70.5 Å². The maximum atomic E-state index is 13.2. The van der Waals surface area contributed by atoms with Gasteiger partial charge in [0.05, 0.1) is 5.01 Å². The summed E-state index contributed by atoms with van der Waals surface area (Å²) in [6, 6.07) is 5.35. The summed E-state index contributed by atoms with van der Waals surface area (Å²) < 4.78 is 13.2. The lowest BCUT2D eigenvalue weighted by molar-refractivity contribution is -0.141. The van der Waals surface area contributed by atoms with Crippen LogP contribution in [0.2, 0.25) is 0 Å². The molecule has 5 nitrogen and oxygen atoms in total. The van der Waals surface area contributed by atoms with Crippen LogP contribution in [-0.4, -0.2) is 39.0 Å². The Balaban J connectivity index is 1.76. The van der Waals surface area contributed by atoms with E-state index in [1.54, 1.807) is 17.5 Å². The van der Waals surface area contributed by atoms with Gasteiger partial charge in [-0.15, -0.1) is 11.3 Å². The average molecular weight is 348 g/mol. The molecule has 1 N–H and O–H groups in total. The summed E-state index contributed by atoms with van der Waals surface area (Å²) in [5.74, 6) is -1.69. The van der Waals surface area contributed by atoms with Crippen LogP contribution < -0.4 is 0 Å². The van der Waals surface area contributed by atoms with Crippen LogP contribution in [0.4, 0.5) is 4.39 Å². The second-order valence-corrected chi connectivity index (χ2v) is 6.83. The van der Waals surface area contributed by atoms with Crippen molar-refractivity contribution in [1.82, 2.24) is 9.88 Å². The number of carboxylic acids is 1. The molecule has 1 aromatic carbocycles. The number of nitrogens with zero attached hydrogens (tertiary/aromatic N) is 2. The van der Waals surface area contributed by atoms with Gasteiger partial charge < -0.3 is 10.0 Å². The number of carbonyl (C=O) groups excluding carboxylic acids is 1. The molecule has 0 aliphatic heterocycles. The predicted molar refractivity (Wildman–Crippen MR) is 87.6 cm³/mol. The molecule has 1 aliphatic carbocycles. The first-order chi connectivity index (χ1) is 11.5. The molecule has 1 aliphatic rings. The number of carboxylic acid groups (broad SMARTS) is 1. The normalized spacial score (nSPS) is 15.1. The van der Waals surface area contributed by atoms with Gasteiger partial charge in [-0.1, -0.05) is 12.1 Å². The third kappa shape index (κ3) is 3.62. The molecule has 0 bridgehead atoms. The zero-order valence-corrected chi connectivity index (χ0v) is 13.9. The van der Waals surface area contributed by atoms with Gasteiger partial charge in [-0.3, -0.25) is 4.79 Å². The fraction of sp³-hybridized carbons (Fsp3) is 0.353. The second kappa shape index (κ2) is 6.68. The highest BCUT2D eigenvalue weighted by Crippen LogP contribution is 2.30. The number of aromatic nitrogens is 1. The minimum Gasteiger partial charge on any atom is -0.480 e. The van der Waals surface area contributed by atoms with E-state index in [1.165, 1.54) is 35.3 Å². The standard InChI is InChI=1S/C17H17FN2O3S/c1-10(17(22)23)20(13-5-6-13)16(21)14-9-24-15(19-14)8-11-3-2-4-12(18)7-11/h2-4,7,9-10,13H,5-6,8H2,1H3,(H,22,23). The molecule has 1 aromatic heterocycles. The molecule has 1 heterocycles. The lowest BCUT2D eigenvalue weighted by Crippen LogP contribution is -2.44. The Labute approximate surface area is 142 Å². The third-order valence-corrected chi connectivity index (χ3v) is 4.81. The Morgan fingerprint density at radius 1 is 1.46 bits per heavy atom. The van der Waals surface area contributed by atoms with Crippen molar-refractivity contribution < 1.29 is 19.1 Å². The van der Waals surface area contributed by atoms with Crippen LogP contribution in [0.25, 0.3) is 0 Å². The minimum atomic E-state index is -1.02. The number of carbonyl (C=O) groups is 2. The highest BCUT2D eigenvalue weighted by Gasteiger charge is 2.39. The Morgan fingerprint density at radius 3 is 2.83 bits per heavy atom. The molecular weight excluding hydrogens is 331 g/mol. The van der Waals surface area contributed by atoms with Gasteiger partial charge in [0.1, 0.15) is 17.6 Å². The van der Waals surface area contributed by atoms with Gasteiger partial charge in [0.2, 0.25) is 0 Å². The van der Waals surface area contributed by atoms with Crippen molar-refractivity contribution in [2.24, 2.45) is 0 Å². The van der Waals surface area contributed by atoms with E-state index in [0.717, 1.165) is 18.4 Å². The molecule has 1 atom stereocenters. The van der Waals surface area contributed by atoms with Crippen LogP contribution in [0.15, 0.2) is 29.6 Å². The highest BCUT2D eigenvalue weighted by molar-refractivity contribution is 7.09. The van der Waals surface area contributed by atoms with E-state index in [1.807, 2.05) is 0 Å². The monoisotopic (exact) mass is 348 g/mol. The number of aliphatic carboxylic acids is 1. The predicted octanol–water partition coefficient (Wildman–Crippen LogP) is 2.95. The molecule has 1 fully saturated rings. The van der Waals surface area contributed by atoms with Crippen molar-refractivity contribution in [3.8, 4) is 0 Å². The van der Waals surface area contributed by atoms with Gasteiger partial charge in [-0.2, -0.15) is 0 Å². The van der Waals surface area contributed by atoms with E-state index in [9.17, 15) is 19.1 Å². The molecular formula is C17H17FN2O3S. The van der Waals surface area contributed by atoms with Gasteiger partial charge in [0.25, 0.3) is 5.91 Å². The smallest absolute Gasteiger partial charge is 0.326 e. The quantitative estimate of drug-likeness (QED) is 0.871. The molecule has 3 rings (SSSR count). The first-order valence-electron chi connectivity index (χ1n) is 7.70. The largest absolute Gasteiger partial charge is 0.480 e. The second-order valence-electron chi connectivity index (χ2n) is 5.89. The summed E-state index contributed by atoms with van der Waals surface area (Å²) in [5, 5.41) is 11.5. The number of benzene rings is 1. The zero-order chi connectivity index (χ0) is 17.3. The Bertz CT molecular complexity index is 773. The number of hydrogen-bond donors (Lipinski definition) is 1. The van der Waals surface area contributed by atoms with E-state index >= 15 is 0 Å². The number of hydrogen-bond acceptors (Lipinski definition) is 4. The van der Waals surface area contributed by atoms with Gasteiger partial charge in [-0.25, -0.2) is 14.2 Å². The van der Waals surface area contributed by atoms with Crippen molar-refractivity contribution in [2.45, 2.75) is 38.3 Å². The van der Waals surface area contributed by atoms with Crippen molar-refractivity contribution >= 4 is 23.2 Å². The third-order valence-electron chi connectivity index (χ3n) is 3.96. The van der Waals surface area contributed by atoms with Crippen LogP contribution in [0.5, 0.6) is 0 Å². The van der Waals surface area contributed by atoms with Gasteiger partial charge in [0, 0.05) is 17.8 Å².